The highest BCUT2D eigenvalue weighted by Gasteiger charge is 2.21. The van der Waals surface area contributed by atoms with Crippen LogP contribution in [0.2, 0.25) is 0 Å². The summed E-state index contributed by atoms with van der Waals surface area (Å²) in [6.45, 7) is 8.70. The van der Waals surface area contributed by atoms with E-state index in [9.17, 15) is 9.59 Å². The molecule has 1 N–H and O–H groups in total. The van der Waals surface area contributed by atoms with E-state index in [1.54, 1.807) is 4.90 Å². The summed E-state index contributed by atoms with van der Waals surface area (Å²) in [4.78, 5) is 24.5. The van der Waals surface area contributed by atoms with Gasteiger partial charge in [-0.15, -0.1) is 0 Å². The van der Waals surface area contributed by atoms with Crippen molar-refractivity contribution in [2.75, 3.05) is 6.54 Å². The first kappa shape index (κ1) is 19.0. The number of carboxylic acid groups (broad SMARTS) is 1. The molecule has 128 valence electrons. The van der Waals surface area contributed by atoms with Gasteiger partial charge in [-0.25, -0.2) is 4.79 Å². The highest BCUT2D eigenvalue weighted by Crippen LogP contribution is 2.14. The highest BCUT2D eigenvalue weighted by molar-refractivity contribution is 5.68. The third kappa shape index (κ3) is 7.68. The Bertz CT molecular complexity index is 517. The zero-order valence-corrected chi connectivity index (χ0v) is 14.5. The molecule has 0 spiro atoms. The molecule has 0 bridgehead atoms. The van der Waals surface area contributed by atoms with Crippen molar-refractivity contribution >= 4 is 12.1 Å². The lowest BCUT2D eigenvalue weighted by molar-refractivity contribution is -0.136. The Kier molecular flexibility index (Phi) is 7.07. The molecule has 0 aliphatic heterocycles. The summed E-state index contributed by atoms with van der Waals surface area (Å²) in [5.41, 5.74) is 1.47. The Morgan fingerprint density at radius 1 is 1.13 bits per heavy atom. The van der Waals surface area contributed by atoms with E-state index in [2.05, 4.69) is 0 Å². The second kappa shape index (κ2) is 8.56. The van der Waals surface area contributed by atoms with Gasteiger partial charge < -0.3 is 14.7 Å². The van der Waals surface area contributed by atoms with Crippen molar-refractivity contribution in [3.8, 4) is 0 Å². The predicted molar refractivity (Wildman–Crippen MR) is 89.3 cm³/mol. The van der Waals surface area contributed by atoms with Gasteiger partial charge in [-0.05, 0) is 44.7 Å². The molecule has 1 rings (SSSR count). The topological polar surface area (TPSA) is 66.8 Å². The van der Waals surface area contributed by atoms with Crippen molar-refractivity contribution in [3.63, 3.8) is 0 Å². The Labute approximate surface area is 138 Å². The van der Waals surface area contributed by atoms with Crippen LogP contribution in [0, 0.1) is 0 Å². The van der Waals surface area contributed by atoms with Crippen molar-refractivity contribution in [3.05, 3.63) is 35.4 Å². The highest BCUT2D eigenvalue weighted by atomic mass is 16.6. The molecule has 23 heavy (non-hydrogen) atoms. The molecule has 0 saturated carbocycles. The number of nitrogens with zero attached hydrogens (tertiary/aromatic N) is 1. The quantitative estimate of drug-likeness (QED) is 0.828. The Hall–Kier alpha value is -2.04. The molecule has 0 atom stereocenters. The van der Waals surface area contributed by atoms with Crippen molar-refractivity contribution in [1.29, 1.82) is 0 Å². The third-order valence-corrected chi connectivity index (χ3v) is 3.17. The maximum absolute atomic E-state index is 12.2. The molecular formula is C18H27NO4. The van der Waals surface area contributed by atoms with Crippen LogP contribution in [-0.2, 0) is 22.5 Å². The summed E-state index contributed by atoms with van der Waals surface area (Å²) in [7, 11) is 0. The summed E-state index contributed by atoms with van der Waals surface area (Å²) < 4.78 is 5.43. The van der Waals surface area contributed by atoms with Crippen LogP contribution in [0.3, 0.4) is 0 Å². The van der Waals surface area contributed by atoms with Crippen LogP contribution in [0.25, 0.3) is 0 Å². The van der Waals surface area contributed by atoms with Crippen molar-refractivity contribution in [2.45, 2.75) is 59.1 Å². The van der Waals surface area contributed by atoms with Crippen molar-refractivity contribution in [2.24, 2.45) is 0 Å². The maximum Gasteiger partial charge on any atom is 0.410 e. The van der Waals surface area contributed by atoms with E-state index in [1.807, 2.05) is 52.0 Å². The van der Waals surface area contributed by atoms with Crippen molar-refractivity contribution < 1.29 is 19.4 Å². The van der Waals surface area contributed by atoms with Gasteiger partial charge in [0.2, 0.25) is 0 Å². The summed E-state index contributed by atoms with van der Waals surface area (Å²) in [5.74, 6) is -0.798. The van der Waals surface area contributed by atoms with E-state index < -0.39 is 11.6 Å². The van der Waals surface area contributed by atoms with Crippen LogP contribution in [0.1, 0.15) is 51.7 Å². The van der Waals surface area contributed by atoms with Gasteiger partial charge in [-0.2, -0.15) is 0 Å². The van der Waals surface area contributed by atoms with Gasteiger partial charge in [0.25, 0.3) is 0 Å². The molecule has 5 heteroatoms. The molecule has 0 aromatic heterocycles. The average molecular weight is 321 g/mol. The van der Waals surface area contributed by atoms with E-state index in [0.717, 1.165) is 17.5 Å². The molecule has 0 aliphatic rings. The van der Waals surface area contributed by atoms with Gasteiger partial charge in [0, 0.05) is 19.5 Å². The van der Waals surface area contributed by atoms with Gasteiger partial charge in [0.1, 0.15) is 5.60 Å². The first-order valence-electron chi connectivity index (χ1n) is 7.99. The lowest BCUT2D eigenvalue weighted by Gasteiger charge is -2.27. The van der Waals surface area contributed by atoms with Crippen LogP contribution in [0.4, 0.5) is 4.79 Å². The smallest absolute Gasteiger partial charge is 0.410 e. The second-order valence-electron chi connectivity index (χ2n) is 6.61. The zero-order valence-electron chi connectivity index (χ0n) is 14.5. The van der Waals surface area contributed by atoms with Crippen LogP contribution >= 0.6 is 0 Å². The van der Waals surface area contributed by atoms with Crippen LogP contribution in [0.15, 0.2) is 24.3 Å². The maximum atomic E-state index is 12.2. The Balaban J connectivity index is 2.69. The molecule has 1 amide bonds. The fraction of sp³-hybridized carbons (Fsp3) is 0.556. The van der Waals surface area contributed by atoms with E-state index in [4.69, 9.17) is 9.84 Å². The van der Waals surface area contributed by atoms with Gasteiger partial charge in [0.05, 0.1) is 0 Å². The summed E-state index contributed by atoms with van der Waals surface area (Å²) in [6.07, 6.45) is 1.18. The SMILES string of the molecule is CCCN(Cc1ccc(CCC(=O)O)cc1)C(=O)OC(C)(C)C. The van der Waals surface area contributed by atoms with E-state index in [0.29, 0.717) is 19.5 Å². The number of aryl methyl sites for hydroxylation is 1. The minimum absolute atomic E-state index is 0.124. The number of ether oxygens (including phenoxy) is 1. The molecule has 0 heterocycles. The normalized spacial score (nSPS) is 11.1. The first-order valence-corrected chi connectivity index (χ1v) is 7.99. The summed E-state index contributed by atoms with van der Waals surface area (Å²) in [6, 6.07) is 7.70. The average Bonchev–Trinajstić information content (AvgIpc) is 2.44. The molecular weight excluding hydrogens is 294 g/mol. The molecule has 0 unspecified atom stereocenters. The Morgan fingerprint density at radius 3 is 2.17 bits per heavy atom. The van der Waals surface area contributed by atoms with Crippen LogP contribution < -0.4 is 0 Å². The third-order valence-electron chi connectivity index (χ3n) is 3.17. The van der Waals surface area contributed by atoms with E-state index in [-0.39, 0.29) is 12.5 Å². The number of hydrogen-bond acceptors (Lipinski definition) is 3. The van der Waals surface area contributed by atoms with Gasteiger partial charge in [0.15, 0.2) is 0 Å². The van der Waals surface area contributed by atoms with E-state index >= 15 is 0 Å². The van der Waals surface area contributed by atoms with Gasteiger partial charge in [-0.1, -0.05) is 31.2 Å². The number of carbonyl (C=O) groups excluding carboxylic acids is 1. The lowest BCUT2D eigenvalue weighted by Crippen LogP contribution is -2.36. The molecule has 5 nitrogen and oxygen atoms in total. The molecule has 0 aliphatic carbocycles. The largest absolute Gasteiger partial charge is 0.481 e. The predicted octanol–water partition coefficient (Wildman–Crippen LogP) is 3.85. The molecule has 1 aromatic carbocycles. The minimum Gasteiger partial charge on any atom is -0.481 e. The fourth-order valence-corrected chi connectivity index (χ4v) is 2.11. The fourth-order valence-electron chi connectivity index (χ4n) is 2.11. The monoisotopic (exact) mass is 321 g/mol. The number of benzene rings is 1. The molecule has 0 saturated heterocycles. The number of hydrogen-bond donors (Lipinski definition) is 1. The van der Waals surface area contributed by atoms with Crippen LogP contribution in [0.5, 0.6) is 0 Å². The Morgan fingerprint density at radius 2 is 1.70 bits per heavy atom. The zero-order chi connectivity index (χ0) is 17.5. The standard InChI is InChI=1S/C18H27NO4/c1-5-12-19(17(22)23-18(2,3)4)13-15-8-6-14(7-9-15)10-11-16(20)21/h6-9H,5,10-13H2,1-4H3,(H,20,21). The van der Waals surface area contributed by atoms with Crippen LogP contribution in [-0.4, -0.2) is 34.2 Å². The number of amides is 1. The molecule has 0 radical (unpaired) electrons. The van der Waals surface area contributed by atoms with Gasteiger partial charge in [-0.3, -0.25) is 4.79 Å². The summed E-state index contributed by atoms with van der Waals surface area (Å²) in [5, 5.41) is 8.70. The van der Waals surface area contributed by atoms with Crippen molar-refractivity contribution in [1.82, 2.24) is 4.90 Å². The number of carboxylic acids is 1. The van der Waals surface area contributed by atoms with E-state index in [1.165, 1.54) is 0 Å². The molecule has 0 fully saturated rings. The second-order valence-corrected chi connectivity index (χ2v) is 6.61. The minimum atomic E-state index is -0.798. The molecule has 1 aromatic rings. The lowest BCUT2D eigenvalue weighted by atomic mass is 10.1. The first-order chi connectivity index (χ1) is 10.7. The number of rotatable bonds is 7. The summed E-state index contributed by atoms with van der Waals surface area (Å²) >= 11 is 0. The number of carbonyl (C=O) groups is 2. The number of aliphatic carboxylic acids is 1. The van der Waals surface area contributed by atoms with Gasteiger partial charge >= 0.3 is 12.1 Å².